The minimum atomic E-state index is -0.405. The maximum absolute atomic E-state index is 11.0. The summed E-state index contributed by atoms with van der Waals surface area (Å²) in [7, 11) is 0. The van der Waals surface area contributed by atoms with Crippen molar-refractivity contribution in [2.45, 2.75) is 26.4 Å². The van der Waals surface area contributed by atoms with Crippen molar-refractivity contribution in [1.82, 2.24) is 4.98 Å². The first-order valence-corrected chi connectivity index (χ1v) is 6.57. The lowest BCUT2D eigenvalue weighted by Gasteiger charge is -2.19. The number of unbranched alkanes of at least 4 members (excludes halogenated alkanes) is 1. The van der Waals surface area contributed by atoms with Gasteiger partial charge < -0.3 is 15.7 Å². The van der Waals surface area contributed by atoms with Crippen LogP contribution in [0.15, 0.2) is 0 Å². The Morgan fingerprint density at radius 2 is 2.35 bits per heavy atom. The third kappa shape index (κ3) is 4.14. The van der Waals surface area contributed by atoms with E-state index in [-0.39, 0.29) is 13.2 Å². The summed E-state index contributed by atoms with van der Waals surface area (Å²) < 4.78 is 0. The number of anilines is 1. The molecule has 5 nitrogen and oxygen atoms in total. The minimum absolute atomic E-state index is 0.120. The fourth-order valence-corrected chi connectivity index (χ4v) is 2.48. The molecule has 0 saturated heterocycles. The van der Waals surface area contributed by atoms with Crippen molar-refractivity contribution in [3.8, 4) is 0 Å². The number of primary amides is 1. The molecule has 0 aliphatic heterocycles. The van der Waals surface area contributed by atoms with Crippen LogP contribution in [0.3, 0.4) is 0 Å². The minimum Gasteiger partial charge on any atom is -0.391 e. The van der Waals surface area contributed by atoms with Gasteiger partial charge in [0.15, 0.2) is 5.13 Å². The number of aliphatic hydroxyl groups excluding tert-OH is 1. The molecule has 0 saturated carbocycles. The molecule has 0 aliphatic rings. The van der Waals surface area contributed by atoms with Crippen molar-refractivity contribution in [2.24, 2.45) is 5.73 Å². The average molecular weight is 278 g/mol. The van der Waals surface area contributed by atoms with E-state index >= 15 is 0 Å². The smallest absolute Gasteiger partial charge is 0.237 e. The van der Waals surface area contributed by atoms with E-state index in [2.05, 4.69) is 11.9 Å². The molecule has 7 heteroatoms. The zero-order chi connectivity index (χ0) is 12.8. The maximum atomic E-state index is 11.0. The third-order valence-electron chi connectivity index (χ3n) is 2.18. The molecule has 3 N–H and O–H groups in total. The molecule has 1 rings (SSSR count). The molecule has 0 aliphatic carbocycles. The number of carbonyl (C=O) groups excluding carboxylic acids is 1. The second kappa shape index (κ2) is 6.78. The van der Waals surface area contributed by atoms with E-state index in [9.17, 15) is 4.79 Å². The van der Waals surface area contributed by atoms with Crippen LogP contribution >= 0.6 is 22.9 Å². The van der Waals surface area contributed by atoms with E-state index in [1.165, 1.54) is 11.3 Å². The first-order valence-electron chi connectivity index (χ1n) is 5.37. The van der Waals surface area contributed by atoms with E-state index in [0.29, 0.717) is 21.7 Å². The lowest BCUT2D eigenvalue weighted by molar-refractivity contribution is -0.116. The molecule has 0 unspecified atom stereocenters. The van der Waals surface area contributed by atoms with Gasteiger partial charge in [-0.15, -0.1) is 0 Å². The van der Waals surface area contributed by atoms with Crippen molar-refractivity contribution in [2.75, 3.05) is 18.0 Å². The van der Waals surface area contributed by atoms with Gasteiger partial charge in [-0.25, -0.2) is 4.98 Å². The molecule has 1 aromatic heterocycles. The van der Waals surface area contributed by atoms with Crippen LogP contribution in [-0.4, -0.2) is 29.1 Å². The highest BCUT2D eigenvalue weighted by atomic mass is 35.5. The molecule has 17 heavy (non-hydrogen) atoms. The molecular weight excluding hydrogens is 262 g/mol. The Kier molecular flexibility index (Phi) is 5.67. The summed E-state index contributed by atoms with van der Waals surface area (Å²) in [6.07, 6.45) is 1.96. The topological polar surface area (TPSA) is 79.5 Å². The van der Waals surface area contributed by atoms with Gasteiger partial charge in [0.2, 0.25) is 5.91 Å². The van der Waals surface area contributed by atoms with Crippen LogP contribution in [0, 0.1) is 0 Å². The highest BCUT2D eigenvalue weighted by molar-refractivity contribution is 7.16. The Bertz CT molecular complexity index is 384. The largest absolute Gasteiger partial charge is 0.391 e. The first-order chi connectivity index (χ1) is 8.08. The lowest BCUT2D eigenvalue weighted by Crippen LogP contribution is -2.34. The van der Waals surface area contributed by atoms with Gasteiger partial charge in [-0.2, -0.15) is 0 Å². The van der Waals surface area contributed by atoms with Crippen molar-refractivity contribution in [3.05, 3.63) is 10.0 Å². The summed E-state index contributed by atoms with van der Waals surface area (Å²) in [6, 6.07) is 0. The van der Waals surface area contributed by atoms with Crippen LogP contribution < -0.4 is 10.6 Å². The Morgan fingerprint density at radius 1 is 1.65 bits per heavy atom. The SMILES string of the molecule is CCCCN(CC(N)=O)c1nc(Cl)c(CO)s1. The Hall–Kier alpha value is -0.850. The molecule has 0 bridgehead atoms. The fourth-order valence-electron chi connectivity index (χ4n) is 1.33. The number of thiazole rings is 1. The number of aromatic nitrogens is 1. The number of nitrogens with zero attached hydrogens (tertiary/aromatic N) is 2. The van der Waals surface area contributed by atoms with Crippen LogP contribution in [0.4, 0.5) is 5.13 Å². The predicted molar refractivity (Wildman–Crippen MR) is 69.4 cm³/mol. The number of rotatable bonds is 7. The summed E-state index contributed by atoms with van der Waals surface area (Å²) in [5, 5.41) is 9.97. The van der Waals surface area contributed by atoms with Crippen LogP contribution in [0.25, 0.3) is 0 Å². The van der Waals surface area contributed by atoms with Gasteiger partial charge in [0.25, 0.3) is 0 Å². The molecule has 96 valence electrons. The van der Waals surface area contributed by atoms with Crippen LogP contribution in [0.5, 0.6) is 0 Å². The summed E-state index contributed by atoms with van der Waals surface area (Å²) in [6.45, 7) is 2.74. The maximum Gasteiger partial charge on any atom is 0.237 e. The second-order valence-corrected chi connectivity index (χ2v) is 5.03. The highest BCUT2D eigenvalue weighted by Gasteiger charge is 2.16. The standard InChI is InChI=1S/C10H16ClN3O2S/c1-2-3-4-14(5-8(12)16)10-13-9(11)7(6-15)17-10/h15H,2-6H2,1H3,(H2,12,16). The first kappa shape index (κ1) is 14.2. The van der Waals surface area contributed by atoms with E-state index in [4.69, 9.17) is 22.4 Å². The van der Waals surface area contributed by atoms with E-state index in [1.54, 1.807) is 4.90 Å². The summed E-state index contributed by atoms with van der Waals surface area (Å²) >= 11 is 7.14. The zero-order valence-corrected chi connectivity index (χ0v) is 11.2. The summed E-state index contributed by atoms with van der Waals surface area (Å²) in [5.41, 5.74) is 5.19. The zero-order valence-electron chi connectivity index (χ0n) is 9.65. The number of halogens is 1. The quantitative estimate of drug-likeness (QED) is 0.789. The number of nitrogens with two attached hydrogens (primary N) is 1. The molecule has 0 spiro atoms. The molecule has 1 heterocycles. The summed E-state index contributed by atoms with van der Waals surface area (Å²) in [4.78, 5) is 17.5. The van der Waals surface area contributed by atoms with E-state index in [0.717, 1.165) is 12.8 Å². The predicted octanol–water partition coefficient (Wildman–Crippen LogP) is 1.38. The molecule has 0 radical (unpaired) electrons. The van der Waals surface area contributed by atoms with Crippen molar-refractivity contribution in [3.63, 3.8) is 0 Å². The molecular formula is C10H16ClN3O2S. The van der Waals surface area contributed by atoms with Gasteiger partial charge in [0.05, 0.1) is 18.0 Å². The average Bonchev–Trinajstić information content (AvgIpc) is 2.65. The normalized spacial score (nSPS) is 10.5. The Morgan fingerprint density at radius 3 is 2.82 bits per heavy atom. The number of aliphatic hydroxyl groups is 1. The van der Waals surface area contributed by atoms with Crippen molar-refractivity contribution < 1.29 is 9.90 Å². The van der Waals surface area contributed by atoms with Crippen molar-refractivity contribution >= 4 is 34.0 Å². The van der Waals surface area contributed by atoms with Gasteiger partial charge in [-0.05, 0) is 6.42 Å². The van der Waals surface area contributed by atoms with Crippen LogP contribution in [-0.2, 0) is 11.4 Å². The molecule has 0 aromatic carbocycles. The molecule has 1 amide bonds. The number of hydrogen-bond acceptors (Lipinski definition) is 5. The monoisotopic (exact) mass is 277 g/mol. The van der Waals surface area contributed by atoms with Gasteiger partial charge in [0.1, 0.15) is 5.15 Å². The number of hydrogen-bond donors (Lipinski definition) is 2. The van der Waals surface area contributed by atoms with Crippen LogP contribution in [0.2, 0.25) is 5.15 Å². The van der Waals surface area contributed by atoms with Crippen molar-refractivity contribution in [1.29, 1.82) is 0 Å². The Balaban J connectivity index is 2.82. The third-order valence-corrected chi connectivity index (χ3v) is 3.71. The Labute approximate surface area is 109 Å². The number of carbonyl (C=O) groups is 1. The second-order valence-electron chi connectivity index (χ2n) is 3.61. The van der Waals surface area contributed by atoms with E-state index < -0.39 is 5.91 Å². The van der Waals surface area contributed by atoms with Gasteiger partial charge >= 0.3 is 0 Å². The van der Waals surface area contributed by atoms with E-state index in [1.807, 2.05) is 0 Å². The molecule has 0 fully saturated rings. The molecule has 1 aromatic rings. The number of amides is 1. The highest BCUT2D eigenvalue weighted by Crippen LogP contribution is 2.29. The molecule has 0 atom stereocenters. The summed E-state index contributed by atoms with van der Waals surface area (Å²) in [5.74, 6) is -0.405. The lowest BCUT2D eigenvalue weighted by atomic mass is 10.3. The van der Waals surface area contributed by atoms with Gasteiger partial charge in [-0.1, -0.05) is 36.3 Å². The van der Waals surface area contributed by atoms with Gasteiger partial charge in [0, 0.05) is 6.54 Å². The fraction of sp³-hybridized carbons (Fsp3) is 0.600. The van der Waals surface area contributed by atoms with Crippen LogP contribution in [0.1, 0.15) is 24.6 Å². The van der Waals surface area contributed by atoms with Gasteiger partial charge in [-0.3, -0.25) is 4.79 Å².